The molecule has 7 nitrogen and oxygen atoms in total. The van der Waals surface area contributed by atoms with Gasteiger partial charge in [0.15, 0.2) is 0 Å². The predicted molar refractivity (Wildman–Crippen MR) is 102 cm³/mol. The van der Waals surface area contributed by atoms with E-state index < -0.39 is 6.10 Å². The van der Waals surface area contributed by atoms with Gasteiger partial charge >= 0.3 is 0 Å². The first-order valence-corrected chi connectivity index (χ1v) is 9.80. The molecule has 1 N–H and O–H groups in total. The highest BCUT2D eigenvalue weighted by molar-refractivity contribution is 5.14. The number of hydrogen-bond acceptors (Lipinski definition) is 6. The molecule has 2 aliphatic rings. The van der Waals surface area contributed by atoms with Gasteiger partial charge in [-0.15, -0.1) is 0 Å². The van der Waals surface area contributed by atoms with Crippen molar-refractivity contribution in [3.8, 4) is 0 Å². The number of morpholine rings is 1. The Kier molecular flexibility index (Phi) is 6.35. The number of ether oxygens (including phenoxy) is 1. The molecule has 3 heterocycles. The van der Waals surface area contributed by atoms with Crippen molar-refractivity contribution in [2.45, 2.75) is 45.0 Å². The van der Waals surface area contributed by atoms with Gasteiger partial charge < -0.3 is 14.7 Å². The number of rotatable bonds is 6. The third-order valence-corrected chi connectivity index (χ3v) is 5.47. The van der Waals surface area contributed by atoms with E-state index >= 15 is 0 Å². The third-order valence-electron chi connectivity index (χ3n) is 5.47. The first-order valence-electron chi connectivity index (χ1n) is 9.80. The number of likely N-dealkylation sites (N-methyl/N-ethyl adjacent to an activating group) is 1. The molecule has 0 radical (unpaired) electrons. The zero-order valence-electron chi connectivity index (χ0n) is 16.8. The standard InChI is InChI=1S/C19H35N5O2/c1-19(2,23-8-10-26-11-9-23)15-22-6-5-7-24-16(13-22)12-17(20-24)18(25)14-21(3)4/h12,18,25H,5-11,13-15H2,1-4H3/t18-/m1/s1. The van der Waals surface area contributed by atoms with Crippen molar-refractivity contribution in [2.75, 3.05) is 60.0 Å². The summed E-state index contributed by atoms with van der Waals surface area (Å²) in [6, 6.07) is 2.09. The zero-order chi connectivity index (χ0) is 18.7. The normalized spacial score (nSPS) is 21.6. The molecule has 0 spiro atoms. The van der Waals surface area contributed by atoms with Crippen LogP contribution in [0, 0.1) is 0 Å². The second-order valence-electron chi connectivity index (χ2n) is 8.54. The fourth-order valence-corrected chi connectivity index (χ4v) is 4.10. The second kappa shape index (κ2) is 8.35. The quantitative estimate of drug-likeness (QED) is 0.805. The van der Waals surface area contributed by atoms with Crippen LogP contribution in [-0.2, 0) is 17.8 Å². The van der Waals surface area contributed by atoms with Crippen molar-refractivity contribution in [2.24, 2.45) is 0 Å². The van der Waals surface area contributed by atoms with E-state index in [4.69, 9.17) is 4.74 Å². The van der Waals surface area contributed by atoms with Crippen LogP contribution in [0.5, 0.6) is 0 Å². The van der Waals surface area contributed by atoms with Gasteiger partial charge in [-0.1, -0.05) is 0 Å². The van der Waals surface area contributed by atoms with E-state index in [1.54, 1.807) is 0 Å². The molecular formula is C19H35N5O2. The molecule has 7 heteroatoms. The van der Waals surface area contributed by atoms with Gasteiger partial charge in [0.05, 0.1) is 24.6 Å². The van der Waals surface area contributed by atoms with Crippen LogP contribution >= 0.6 is 0 Å². The predicted octanol–water partition coefficient (Wildman–Crippen LogP) is 0.795. The highest BCUT2D eigenvalue weighted by atomic mass is 16.5. The molecule has 0 amide bonds. The van der Waals surface area contributed by atoms with Crippen molar-refractivity contribution >= 4 is 0 Å². The second-order valence-corrected chi connectivity index (χ2v) is 8.54. The maximum Gasteiger partial charge on any atom is 0.110 e. The summed E-state index contributed by atoms with van der Waals surface area (Å²) < 4.78 is 7.60. The Labute approximate surface area is 157 Å². The van der Waals surface area contributed by atoms with Gasteiger partial charge in [0.2, 0.25) is 0 Å². The molecular weight excluding hydrogens is 330 g/mol. The molecule has 3 rings (SSSR count). The molecule has 1 aromatic rings. The van der Waals surface area contributed by atoms with Crippen molar-refractivity contribution in [1.82, 2.24) is 24.5 Å². The lowest BCUT2D eigenvalue weighted by Gasteiger charge is -2.43. The maximum atomic E-state index is 10.4. The van der Waals surface area contributed by atoms with Crippen LogP contribution in [-0.4, -0.2) is 95.2 Å². The van der Waals surface area contributed by atoms with Crippen molar-refractivity contribution in [1.29, 1.82) is 0 Å². The average molecular weight is 366 g/mol. The van der Waals surface area contributed by atoms with Crippen LogP contribution in [0.25, 0.3) is 0 Å². The molecule has 26 heavy (non-hydrogen) atoms. The number of aliphatic hydroxyl groups is 1. The minimum absolute atomic E-state index is 0.131. The van der Waals surface area contributed by atoms with Gasteiger partial charge in [-0.25, -0.2) is 0 Å². The highest BCUT2D eigenvalue weighted by Gasteiger charge is 2.31. The van der Waals surface area contributed by atoms with Crippen LogP contribution in [0.1, 0.15) is 37.8 Å². The van der Waals surface area contributed by atoms with Gasteiger partial charge in [0, 0.05) is 51.4 Å². The van der Waals surface area contributed by atoms with Gasteiger partial charge in [-0.3, -0.25) is 14.5 Å². The highest BCUT2D eigenvalue weighted by Crippen LogP contribution is 2.23. The largest absolute Gasteiger partial charge is 0.385 e. The molecule has 1 aromatic heterocycles. The number of aromatic nitrogens is 2. The lowest BCUT2D eigenvalue weighted by atomic mass is 10.0. The van der Waals surface area contributed by atoms with E-state index in [-0.39, 0.29) is 5.54 Å². The summed E-state index contributed by atoms with van der Waals surface area (Å²) in [7, 11) is 3.94. The molecule has 0 unspecified atom stereocenters. The average Bonchev–Trinajstić information content (AvgIpc) is 2.89. The van der Waals surface area contributed by atoms with Crippen LogP contribution in [0.3, 0.4) is 0 Å². The summed E-state index contributed by atoms with van der Waals surface area (Å²) in [6.07, 6.45) is 0.569. The Morgan fingerprint density at radius 2 is 1.96 bits per heavy atom. The summed E-state index contributed by atoms with van der Waals surface area (Å²) >= 11 is 0. The van der Waals surface area contributed by atoms with Crippen LogP contribution in [0.2, 0.25) is 0 Å². The number of nitrogens with zero attached hydrogens (tertiary/aromatic N) is 5. The Morgan fingerprint density at radius 3 is 2.65 bits per heavy atom. The van der Waals surface area contributed by atoms with Crippen molar-refractivity contribution in [3.05, 3.63) is 17.5 Å². The molecule has 2 aliphatic heterocycles. The van der Waals surface area contributed by atoms with E-state index in [1.807, 2.05) is 19.0 Å². The molecule has 0 aromatic carbocycles. The minimum Gasteiger partial charge on any atom is -0.385 e. The first kappa shape index (κ1) is 19.8. The maximum absolute atomic E-state index is 10.4. The van der Waals surface area contributed by atoms with Gasteiger partial charge in [0.1, 0.15) is 6.10 Å². The first-order chi connectivity index (χ1) is 12.3. The summed E-state index contributed by atoms with van der Waals surface area (Å²) in [4.78, 5) is 7.08. The molecule has 1 fully saturated rings. The summed E-state index contributed by atoms with van der Waals surface area (Å²) in [6.45, 7) is 12.9. The Balaban J connectivity index is 1.66. The number of fused-ring (bicyclic) bond motifs is 1. The summed E-state index contributed by atoms with van der Waals surface area (Å²) in [5, 5.41) is 15.1. The van der Waals surface area contributed by atoms with Gasteiger partial charge in [0.25, 0.3) is 0 Å². The lowest BCUT2D eigenvalue weighted by molar-refractivity contribution is -0.0224. The Bertz CT molecular complexity index is 580. The van der Waals surface area contributed by atoms with E-state index in [9.17, 15) is 5.11 Å². The SMILES string of the molecule is CN(C)C[C@@H](O)c1cc2n(n1)CCCN(CC(C)(C)N1CCOCC1)C2. The Hall–Kier alpha value is -0.990. The minimum atomic E-state index is -0.525. The number of aliphatic hydroxyl groups excluding tert-OH is 1. The zero-order valence-corrected chi connectivity index (χ0v) is 16.8. The van der Waals surface area contributed by atoms with E-state index in [2.05, 4.69) is 39.5 Å². The molecule has 0 bridgehead atoms. The van der Waals surface area contributed by atoms with Crippen molar-refractivity contribution < 1.29 is 9.84 Å². The topological polar surface area (TPSA) is 57.0 Å². The van der Waals surface area contributed by atoms with Crippen LogP contribution < -0.4 is 0 Å². The van der Waals surface area contributed by atoms with Crippen LogP contribution in [0.15, 0.2) is 6.07 Å². The van der Waals surface area contributed by atoms with Gasteiger partial charge in [-0.05, 0) is 40.4 Å². The molecule has 0 aliphatic carbocycles. The summed E-state index contributed by atoms with van der Waals surface area (Å²) in [5.74, 6) is 0. The number of aryl methyl sites for hydroxylation is 1. The molecule has 1 saturated heterocycles. The molecule has 148 valence electrons. The fourth-order valence-electron chi connectivity index (χ4n) is 4.10. The monoisotopic (exact) mass is 365 g/mol. The smallest absolute Gasteiger partial charge is 0.110 e. The van der Waals surface area contributed by atoms with Crippen molar-refractivity contribution in [3.63, 3.8) is 0 Å². The Morgan fingerprint density at radius 1 is 1.23 bits per heavy atom. The van der Waals surface area contributed by atoms with E-state index in [0.29, 0.717) is 6.54 Å². The third kappa shape index (κ3) is 4.84. The number of hydrogen-bond donors (Lipinski definition) is 1. The molecule has 0 saturated carbocycles. The lowest BCUT2D eigenvalue weighted by Crippen LogP contribution is -2.55. The summed E-state index contributed by atoms with van der Waals surface area (Å²) in [5.41, 5.74) is 2.14. The molecule has 1 atom stereocenters. The fraction of sp³-hybridized carbons (Fsp3) is 0.842. The van der Waals surface area contributed by atoms with E-state index in [1.165, 1.54) is 5.69 Å². The van der Waals surface area contributed by atoms with Crippen LogP contribution in [0.4, 0.5) is 0 Å². The van der Waals surface area contributed by atoms with Gasteiger partial charge in [-0.2, -0.15) is 5.10 Å². The van der Waals surface area contributed by atoms with E-state index in [0.717, 1.165) is 64.6 Å².